The highest BCUT2D eigenvalue weighted by Gasteiger charge is 2.44. The lowest BCUT2D eigenvalue weighted by Gasteiger charge is -2.45. The third kappa shape index (κ3) is 4.66. The molecule has 4 N–H and O–H groups in total. The molecule has 2 aromatic rings. The predicted molar refractivity (Wildman–Crippen MR) is 126 cm³/mol. The Morgan fingerprint density at radius 2 is 2.03 bits per heavy atom. The zero-order valence-electron chi connectivity index (χ0n) is 18.5. The topological polar surface area (TPSA) is 112 Å². The van der Waals surface area contributed by atoms with Crippen LogP contribution < -0.4 is 10.6 Å². The highest BCUT2D eigenvalue weighted by molar-refractivity contribution is 5.99. The number of hydrogen-bond donors (Lipinski definition) is 4. The lowest BCUT2D eigenvalue weighted by atomic mass is 9.78. The lowest BCUT2D eigenvalue weighted by Crippen LogP contribution is -2.54. The number of benzene rings is 2. The van der Waals surface area contributed by atoms with Gasteiger partial charge in [-0.15, -0.1) is 0 Å². The highest BCUT2D eigenvalue weighted by atomic mass is 16.3. The zero-order chi connectivity index (χ0) is 23.3. The van der Waals surface area contributed by atoms with Crippen molar-refractivity contribution in [1.82, 2.24) is 10.2 Å². The summed E-state index contributed by atoms with van der Waals surface area (Å²) >= 11 is 0. The molecular formula is C25H29N5O2. The molecule has 0 bridgehead atoms. The minimum absolute atomic E-state index is 0.113. The Bertz CT molecular complexity index is 1060. The van der Waals surface area contributed by atoms with Crippen LogP contribution in [-0.4, -0.2) is 48.0 Å². The molecule has 7 nitrogen and oxygen atoms in total. The van der Waals surface area contributed by atoms with Crippen molar-refractivity contribution in [3.8, 4) is 6.07 Å². The fraction of sp³-hybridized carbons (Fsp3) is 0.320. The number of nitriles is 1. The van der Waals surface area contributed by atoms with E-state index >= 15 is 0 Å². The van der Waals surface area contributed by atoms with Crippen molar-refractivity contribution in [3.05, 3.63) is 77.0 Å². The number of amides is 1. The molecule has 0 aliphatic carbocycles. The van der Waals surface area contributed by atoms with Gasteiger partial charge in [-0.1, -0.05) is 38.1 Å². The average Bonchev–Trinajstić information content (AvgIpc) is 2.79. The van der Waals surface area contributed by atoms with E-state index in [1.807, 2.05) is 32.0 Å². The van der Waals surface area contributed by atoms with E-state index in [0.29, 0.717) is 28.9 Å². The van der Waals surface area contributed by atoms with Crippen LogP contribution in [-0.2, 0) is 0 Å². The van der Waals surface area contributed by atoms with Crippen LogP contribution in [0.2, 0.25) is 0 Å². The first-order valence-electron chi connectivity index (χ1n) is 10.6. The van der Waals surface area contributed by atoms with Crippen molar-refractivity contribution in [1.29, 1.82) is 10.7 Å². The van der Waals surface area contributed by atoms with Crippen molar-refractivity contribution < 1.29 is 9.90 Å². The number of nitrogens with one attached hydrogen (secondary N) is 3. The predicted octanol–water partition coefficient (Wildman–Crippen LogP) is 3.31. The van der Waals surface area contributed by atoms with Crippen LogP contribution in [0.3, 0.4) is 0 Å². The van der Waals surface area contributed by atoms with Crippen molar-refractivity contribution in [2.75, 3.05) is 18.9 Å². The van der Waals surface area contributed by atoms with E-state index in [-0.39, 0.29) is 11.8 Å². The van der Waals surface area contributed by atoms with E-state index in [1.54, 1.807) is 48.5 Å². The zero-order valence-corrected chi connectivity index (χ0v) is 18.5. The summed E-state index contributed by atoms with van der Waals surface area (Å²) in [4.78, 5) is 15.2. The van der Waals surface area contributed by atoms with Gasteiger partial charge in [0.25, 0.3) is 5.91 Å². The fourth-order valence-corrected chi connectivity index (χ4v) is 4.27. The van der Waals surface area contributed by atoms with E-state index in [2.05, 4.69) is 16.7 Å². The number of carbonyl (C=O) groups is 1. The monoisotopic (exact) mass is 431 g/mol. The molecule has 3 rings (SSSR count). The molecule has 1 unspecified atom stereocenters. The maximum Gasteiger partial charge on any atom is 0.254 e. The molecule has 0 aromatic heterocycles. The third-order valence-electron chi connectivity index (χ3n) is 5.51. The Morgan fingerprint density at radius 3 is 2.69 bits per heavy atom. The Balaban J connectivity index is 2.13. The number of aliphatic hydroxyl groups is 1. The van der Waals surface area contributed by atoms with Crippen molar-refractivity contribution in [2.24, 2.45) is 5.92 Å². The largest absolute Gasteiger partial charge is 0.394 e. The third-order valence-corrected chi connectivity index (χ3v) is 5.51. The van der Waals surface area contributed by atoms with Crippen molar-refractivity contribution >= 4 is 17.8 Å². The van der Waals surface area contributed by atoms with Gasteiger partial charge in [-0.2, -0.15) is 5.26 Å². The summed E-state index contributed by atoms with van der Waals surface area (Å²) in [6, 6.07) is 15.8. The van der Waals surface area contributed by atoms with Gasteiger partial charge in [0.05, 0.1) is 23.6 Å². The first-order chi connectivity index (χ1) is 15.4. The summed E-state index contributed by atoms with van der Waals surface area (Å²) in [6.07, 6.45) is 1.85. The average molecular weight is 432 g/mol. The number of anilines is 1. The maximum absolute atomic E-state index is 13.5. The minimum Gasteiger partial charge on any atom is -0.394 e. The number of hydrogen-bond acceptors (Lipinski definition) is 6. The SMILES string of the molecule is CN/C=C(\C=N)[C@@H]1[C@@H](C(O)Nc2cccc(C#N)c2)c2ccccc2C(=O)N1CC(C)C. The van der Waals surface area contributed by atoms with Crippen LogP contribution in [0.15, 0.2) is 60.3 Å². The maximum atomic E-state index is 13.5. The number of nitrogens with zero attached hydrogens (tertiary/aromatic N) is 2. The normalized spacial score (nSPS) is 19.2. The van der Waals surface area contributed by atoms with Crippen LogP contribution in [0.25, 0.3) is 0 Å². The van der Waals surface area contributed by atoms with Crippen LogP contribution in [0, 0.1) is 22.7 Å². The molecule has 0 spiro atoms. The summed E-state index contributed by atoms with van der Waals surface area (Å²) in [7, 11) is 1.74. The molecule has 1 amide bonds. The fourth-order valence-electron chi connectivity index (χ4n) is 4.27. The van der Waals surface area contributed by atoms with Crippen LogP contribution in [0.5, 0.6) is 0 Å². The number of rotatable bonds is 8. The second-order valence-corrected chi connectivity index (χ2v) is 8.27. The minimum atomic E-state index is -1.07. The number of carbonyl (C=O) groups excluding carboxylic acids is 1. The molecule has 2 aromatic carbocycles. The van der Waals surface area contributed by atoms with Gasteiger partial charge in [-0.05, 0) is 35.7 Å². The molecule has 1 aliphatic heterocycles. The molecule has 0 saturated carbocycles. The molecule has 32 heavy (non-hydrogen) atoms. The Kier molecular flexibility index (Phi) is 7.29. The van der Waals surface area contributed by atoms with Crippen LogP contribution in [0.4, 0.5) is 5.69 Å². The highest BCUT2D eigenvalue weighted by Crippen LogP contribution is 2.39. The molecule has 1 heterocycles. The number of fused-ring (bicyclic) bond motifs is 1. The molecule has 166 valence electrons. The van der Waals surface area contributed by atoms with Crippen molar-refractivity contribution in [3.63, 3.8) is 0 Å². The van der Waals surface area contributed by atoms with E-state index in [0.717, 1.165) is 5.56 Å². The molecule has 0 saturated heterocycles. The van der Waals surface area contributed by atoms with Crippen LogP contribution in [0.1, 0.15) is 41.3 Å². The van der Waals surface area contributed by atoms with E-state index < -0.39 is 18.2 Å². The Labute approximate surface area is 188 Å². The molecule has 0 fully saturated rings. The van der Waals surface area contributed by atoms with Crippen LogP contribution >= 0.6 is 0 Å². The van der Waals surface area contributed by atoms with E-state index in [4.69, 9.17) is 5.41 Å². The second kappa shape index (κ2) is 10.1. The molecular weight excluding hydrogens is 402 g/mol. The summed E-state index contributed by atoms with van der Waals surface area (Å²) < 4.78 is 0. The summed E-state index contributed by atoms with van der Waals surface area (Å²) in [5, 5.41) is 34.7. The van der Waals surface area contributed by atoms with Gasteiger partial charge in [0.15, 0.2) is 0 Å². The summed E-state index contributed by atoms with van der Waals surface area (Å²) in [5.74, 6) is -0.445. The summed E-state index contributed by atoms with van der Waals surface area (Å²) in [6.45, 7) is 4.56. The van der Waals surface area contributed by atoms with Gasteiger partial charge >= 0.3 is 0 Å². The quantitative estimate of drug-likeness (QED) is 0.378. The Hall–Kier alpha value is -3.63. The van der Waals surface area contributed by atoms with Gasteiger partial charge in [-0.25, -0.2) is 0 Å². The molecule has 1 aliphatic rings. The van der Waals surface area contributed by atoms with Gasteiger partial charge in [-0.3, -0.25) is 4.79 Å². The second-order valence-electron chi connectivity index (χ2n) is 8.27. The molecule has 3 atom stereocenters. The number of aliphatic hydroxyl groups excluding tert-OH is 1. The van der Waals surface area contributed by atoms with Gasteiger partial charge in [0.1, 0.15) is 6.23 Å². The van der Waals surface area contributed by atoms with Gasteiger partial charge in [0, 0.05) is 42.8 Å². The standard InChI is InChI=1S/C25H29N5O2/c1-16(2)15-30-23(18(13-27)14-28-3)22(20-9-4-5-10-21(20)25(30)32)24(31)29-19-8-6-7-17(11-19)12-26/h4-11,13-14,16,22-24,27-29,31H,15H2,1-3H3/b18-14+,27-13?/t22-,23+,24?/m0/s1. The summed E-state index contributed by atoms with van der Waals surface area (Å²) in [5.41, 5.74) is 2.95. The van der Waals surface area contributed by atoms with Gasteiger partial charge < -0.3 is 26.0 Å². The first kappa shape index (κ1) is 23.0. The Morgan fingerprint density at radius 1 is 1.28 bits per heavy atom. The van der Waals surface area contributed by atoms with E-state index in [9.17, 15) is 15.2 Å². The van der Waals surface area contributed by atoms with E-state index in [1.165, 1.54) is 6.21 Å². The smallest absolute Gasteiger partial charge is 0.254 e. The van der Waals surface area contributed by atoms with Gasteiger partial charge in [0.2, 0.25) is 0 Å². The lowest BCUT2D eigenvalue weighted by molar-refractivity contribution is 0.0521. The molecule has 7 heteroatoms. The first-order valence-corrected chi connectivity index (χ1v) is 10.6. The molecule has 0 radical (unpaired) electrons. The van der Waals surface area contributed by atoms with Crippen molar-refractivity contribution in [2.45, 2.75) is 32.0 Å².